The third kappa shape index (κ3) is 1.64. The Morgan fingerprint density at radius 2 is 1.82 bits per heavy atom. The Morgan fingerprint density at radius 1 is 1.12 bits per heavy atom. The normalized spacial score (nSPS) is 36.1. The molecule has 2 aliphatic rings. The van der Waals surface area contributed by atoms with Gasteiger partial charge in [-0.05, 0) is 53.9 Å². The molecule has 2 aliphatic carbocycles. The van der Waals surface area contributed by atoms with Crippen LogP contribution in [0.5, 0.6) is 0 Å². The van der Waals surface area contributed by atoms with Crippen molar-refractivity contribution in [3.63, 3.8) is 0 Å². The van der Waals surface area contributed by atoms with E-state index in [1.807, 2.05) is 0 Å². The van der Waals surface area contributed by atoms with Gasteiger partial charge in [-0.2, -0.15) is 0 Å². The highest BCUT2D eigenvalue weighted by Gasteiger charge is 2.54. The van der Waals surface area contributed by atoms with Gasteiger partial charge >= 0.3 is 0 Å². The van der Waals surface area contributed by atoms with Crippen LogP contribution in [-0.4, -0.2) is 0 Å². The molecule has 0 aromatic heterocycles. The molecule has 0 amide bonds. The van der Waals surface area contributed by atoms with Gasteiger partial charge in [0.25, 0.3) is 0 Å². The molecule has 1 aromatic carbocycles. The Balaban J connectivity index is 1.84. The van der Waals surface area contributed by atoms with E-state index in [1.165, 1.54) is 19.3 Å². The van der Waals surface area contributed by atoms with Crippen molar-refractivity contribution in [2.24, 2.45) is 23.2 Å². The fourth-order valence-corrected chi connectivity index (χ4v) is 4.66. The Bertz CT molecular complexity index is 390. The van der Waals surface area contributed by atoms with Crippen LogP contribution < -0.4 is 0 Å². The van der Waals surface area contributed by atoms with Crippen LogP contribution in [0.15, 0.2) is 30.3 Å². The lowest BCUT2D eigenvalue weighted by Crippen LogP contribution is -2.22. The maximum Gasteiger partial charge on any atom is -0.0159 e. The highest BCUT2D eigenvalue weighted by Crippen LogP contribution is 2.63. The van der Waals surface area contributed by atoms with Gasteiger partial charge in [-0.25, -0.2) is 0 Å². The van der Waals surface area contributed by atoms with Crippen LogP contribution in [0.1, 0.15) is 51.5 Å². The second-order valence-corrected chi connectivity index (χ2v) is 6.80. The predicted molar refractivity (Wildman–Crippen MR) is 73.0 cm³/mol. The molecular formula is C17H24. The third-order valence-corrected chi connectivity index (χ3v) is 5.88. The minimum Gasteiger partial charge on any atom is -0.0622 e. The first-order valence-corrected chi connectivity index (χ1v) is 7.15. The topological polar surface area (TPSA) is 0 Å². The quantitative estimate of drug-likeness (QED) is 0.678. The monoisotopic (exact) mass is 228 g/mol. The summed E-state index contributed by atoms with van der Waals surface area (Å²) in [6.07, 6.45) is 4.42. The largest absolute Gasteiger partial charge is 0.0622 e. The van der Waals surface area contributed by atoms with Crippen LogP contribution in [0.25, 0.3) is 0 Å². The van der Waals surface area contributed by atoms with Gasteiger partial charge in [0.15, 0.2) is 0 Å². The molecule has 0 heteroatoms. The molecule has 3 rings (SSSR count). The van der Waals surface area contributed by atoms with Gasteiger partial charge in [-0.3, -0.25) is 0 Å². The van der Waals surface area contributed by atoms with E-state index in [0.717, 1.165) is 23.7 Å². The molecule has 92 valence electrons. The van der Waals surface area contributed by atoms with E-state index in [1.54, 1.807) is 5.56 Å². The smallest absolute Gasteiger partial charge is 0.0159 e. The molecule has 2 fully saturated rings. The number of rotatable bonds is 2. The predicted octanol–water partition coefficient (Wildman–Crippen LogP) is 4.86. The van der Waals surface area contributed by atoms with Crippen molar-refractivity contribution in [2.75, 3.05) is 0 Å². The standard InChI is InChI=1S/C17H24/c1-12(13-7-5-4-6-8-13)15-11-14-9-10-16(15)17(14,2)3/h4-8,12,14-16H,9-11H2,1-3H3/t12-,14?,15+,16?/m0/s1. The number of hydrogen-bond acceptors (Lipinski definition) is 0. The molecule has 0 spiro atoms. The highest BCUT2D eigenvalue weighted by atomic mass is 14.6. The van der Waals surface area contributed by atoms with Gasteiger partial charge < -0.3 is 0 Å². The van der Waals surface area contributed by atoms with Crippen LogP contribution in [-0.2, 0) is 0 Å². The second kappa shape index (κ2) is 3.86. The summed E-state index contributed by atoms with van der Waals surface area (Å²) in [5, 5.41) is 0. The van der Waals surface area contributed by atoms with Crippen molar-refractivity contribution in [2.45, 2.75) is 46.0 Å². The molecule has 0 radical (unpaired) electrons. The Labute approximate surface area is 105 Å². The number of hydrogen-bond donors (Lipinski definition) is 0. The Morgan fingerprint density at radius 3 is 2.35 bits per heavy atom. The molecule has 17 heavy (non-hydrogen) atoms. The average molecular weight is 228 g/mol. The molecule has 2 saturated carbocycles. The van der Waals surface area contributed by atoms with Crippen molar-refractivity contribution in [3.8, 4) is 0 Å². The molecular weight excluding hydrogens is 204 g/mol. The summed E-state index contributed by atoms with van der Waals surface area (Å²) in [4.78, 5) is 0. The zero-order valence-corrected chi connectivity index (χ0v) is 11.3. The van der Waals surface area contributed by atoms with Crippen molar-refractivity contribution >= 4 is 0 Å². The summed E-state index contributed by atoms with van der Waals surface area (Å²) >= 11 is 0. The van der Waals surface area contributed by atoms with Crippen LogP contribution in [0.4, 0.5) is 0 Å². The molecule has 0 aliphatic heterocycles. The van der Waals surface area contributed by atoms with E-state index >= 15 is 0 Å². The van der Waals surface area contributed by atoms with Crippen molar-refractivity contribution in [1.29, 1.82) is 0 Å². The van der Waals surface area contributed by atoms with Crippen molar-refractivity contribution in [3.05, 3.63) is 35.9 Å². The number of fused-ring (bicyclic) bond motifs is 2. The van der Waals surface area contributed by atoms with E-state index < -0.39 is 0 Å². The average Bonchev–Trinajstić information content (AvgIpc) is 2.78. The van der Waals surface area contributed by atoms with Gasteiger partial charge in [-0.15, -0.1) is 0 Å². The van der Waals surface area contributed by atoms with Crippen LogP contribution in [0.3, 0.4) is 0 Å². The summed E-state index contributed by atoms with van der Waals surface area (Å²) in [5.41, 5.74) is 2.15. The lowest BCUT2D eigenvalue weighted by molar-refractivity contribution is 0.220. The van der Waals surface area contributed by atoms with Gasteiger partial charge in [-0.1, -0.05) is 51.1 Å². The molecule has 1 aromatic rings. The lowest BCUT2D eigenvalue weighted by atomic mass is 9.74. The van der Waals surface area contributed by atoms with E-state index in [4.69, 9.17) is 0 Å². The van der Waals surface area contributed by atoms with Gasteiger partial charge in [0, 0.05) is 0 Å². The number of benzene rings is 1. The first-order valence-electron chi connectivity index (χ1n) is 7.15. The zero-order chi connectivity index (χ0) is 12.0. The van der Waals surface area contributed by atoms with Crippen LogP contribution >= 0.6 is 0 Å². The van der Waals surface area contributed by atoms with E-state index in [-0.39, 0.29) is 0 Å². The fraction of sp³-hybridized carbons (Fsp3) is 0.647. The fourth-order valence-electron chi connectivity index (χ4n) is 4.66. The van der Waals surface area contributed by atoms with E-state index in [2.05, 4.69) is 51.1 Å². The highest BCUT2D eigenvalue weighted by molar-refractivity contribution is 5.21. The maximum atomic E-state index is 2.51. The Hall–Kier alpha value is -0.780. The molecule has 0 heterocycles. The minimum atomic E-state index is 0.605. The summed E-state index contributed by atoms with van der Waals surface area (Å²) in [5.74, 6) is 3.61. The summed E-state index contributed by atoms with van der Waals surface area (Å²) < 4.78 is 0. The van der Waals surface area contributed by atoms with E-state index in [0.29, 0.717) is 5.41 Å². The first-order chi connectivity index (χ1) is 8.10. The van der Waals surface area contributed by atoms with E-state index in [9.17, 15) is 0 Å². The lowest BCUT2D eigenvalue weighted by Gasteiger charge is -2.31. The molecule has 0 saturated heterocycles. The van der Waals surface area contributed by atoms with Gasteiger partial charge in [0.05, 0.1) is 0 Å². The van der Waals surface area contributed by atoms with Gasteiger partial charge in [0.1, 0.15) is 0 Å². The van der Waals surface area contributed by atoms with Crippen LogP contribution in [0.2, 0.25) is 0 Å². The molecule has 0 nitrogen and oxygen atoms in total. The molecule has 4 atom stereocenters. The van der Waals surface area contributed by atoms with Crippen molar-refractivity contribution < 1.29 is 0 Å². The molecule has 2 unspecified atom stereocenters. The molecule has 0 N–H and O–H groups in total. The van der Waals surface area contributed by atoms with Gasteiger partial charge in [0.2, 0.25) is 0 Å². The minimum absolute atomic E-state index is 0.605. The van der Waals surface area contributed by atoms with Crippen molar-refractivity contribution in [1.82, 2.24) is 0 Å². The summed E-state index contributed by atoms with van der Waals surface area (Å²) in [6, 6.07) is 11.1. The second-order valence-electron chi connectivity index (χ2n) is 6.80. The Kier molecular flexibility index (Phi) is 2.57. The first kappa shape index (κ1) is 11.3. The summed E-state index contributed by atoms with van der Waals surface area (Å²) in [6.45, 7) is 7.46. The zero-order valence-electron chi connectivity index (χ0n) is 11.3. The summed E-state index contributed by atoms with van der Waals surface area (Å²) in [7, 11) is 0. The van der Waals surface area contributed by atoms with Crippen LogP contribution in [0, 0.1) is 23.2 Å². The SMILES string of the molecule is C[C@@H](c1ccccc1)[C@H]1CC2CCC1C2(C)C. The maximum absolute atomic E-state index is 2.51. The third-order valence-electron chi connectivity index (χ3n) is 5.88. The molecule has 2 bridgehead atoms.